The third-order valence-electron chi connectivity index (χ3n) is 6.18. The summed E-state index contributed by atoms with van der Waals surface area (Å²) in [5.41, 5.74) is -0.450. The predicted molar refractivity (Wildman–Crippen MR) is 150 cm³/mol. The van der Waals surface area contributed by atoms with Crippen LogP contribution in [0.5, 0.6) is 0 Å². The Morgan fingerprint density at radius 3 is 1.47 bits per heavy atom. The van der Waals surface area contributed by atoms with E-state index in [2.05, 4.69) is 28.6 Å². The summed E-state index contributed by atoms with van der Waals surface area (Å²) >= 11 is 0. The van der Waals surface area contributed by atoms with E-state index in [1.54, 1.807) is 0 Å². The molecule has 0 aromatic heterocycles. The van der Waals surface area contributed by atoms with E-state index >= 15 is 0 Å². The summed E-state index contributed by atoms with van der Waals surface area (Å²) < 4.78 is 33.8. The van der Waals surface area contributed by atoms with Gasteiger partial charge < -0.3 is 48.8 Å². The Kier molecular flexibility index (Phi) is 24.2. The standard InChI is InChI=1S/C27H57BO10/c1-26(2,37-18-8-16-36-22-25(32)21-35-15-7-12-30)9-4-17-38-27(3,23-28)10-5-13-33-19-24(31)20-34-14-6-11-29/h24-25,29-32H,4-23,28H2,1-3H3. The van der Waals surface area contributed by atoms with Crippen molar-refractivity contribution in [2.75, 3.05) is 79.3 Å². The van der Waals surface area contributed by atoms with Crippen molar-refractivity contribution in [3.8, 4) is 0 Å². The number of rotatable bonds is 29. The molecule has 0 aliphatic heterocycles. The first-order valence-electron chi connectivity index (χ1n) is 14.3. The Morgan fingerprint density at radius 2 is 1.00 bits per heavy atom. The van der Waals surface area contributed by atoms with Crippen molar-refractivity contribution in [2.24, 2.45) is 0 Å². The molecule has 10 nitrogen and oxygen atoms in total. The maximum absolute atomic E-state index is 9.84. The summed E-state index contributed by atoms with van der Waals surface area (Å²) in [5.74, 6) is 0. The van der Waals surface area contributed by atoms with Gasteiger partial charge in [-0.15, -0.1) is 0 Å². The fraction of sp³-hybridized carbons (Fsp3) is 1.00. The molecule has 4 N–H and O–H groups in total. The number of hydrogen-bond acceptors (Lipinski definition) is 10. The maximum Gasteiger partial charge on any atom is 0.105 e. The highest BCUT2D eigenvalue weighted by molar-refractivity contribution is 6.09. The lowest BCUT2D eigenvalue weighted by atomic mass is 9.85. The largest absolute Gasteiger partial charge is 0.396 e. The number of aliphatic hydroxyl groups excluding tert-OH is 4. The molecule has 0 fully saturated rings. The fourth-order valence-electron chi connectivity index (χ4n) is 3.60. The summed E-state index contributed by atoms with van der Waals surface area (Å²) in [4.78, 5) is 0. The van der Waals surface area contributed by atoms with Gasteiger partial charge in [0.1, 0.15) is 20.1 Å². The van der Waals surface area contributed by atoms with Crippen LogP contribution >= 0.6 is 0 Å². The SMILES string of the molecule is BCC(C)(CCCOCC(O)COCCCO)OCCCC(C)(C)OCCCOCC(O)COCCCO. The number of hydrogen-bond donors (Lipinski definition) is 4. The minimum absolute atomic E-state index is 0.0862. The molecule has 228 valence electrons. The van der Waals surface area contributed by atoms with Crippen molar-refractivity contribution in [2.45, 2.75) is 95.4 Å². The van der Waals surface area contributed by atoms with Crippen molar-refractivity contribution < 1.29 is 48.8 Å². The minimum atomic E-state index is -0.659. The lowest BCUT2D eigenvalue weighted by Gasteiger charge is -2.30. The lowest BCUT2D eigenvalue weighted by molar-refractivity contribution is -0.0610. The van der Waals surface area contributed by atoms with E-state index in [0.717, 1.165) is 38.4 Å². The smallest absolute Gasteiger partial charge is 0.105 e. The maximum atomic E-state index is 9.84. The molecule has 0 heterocycles. The molecule has 0 aromatic carbocycles. The molecule has 0 aliphatic carbocycles. The van der Waals surface area contributed by atoms with E-state index in [4.69, 9.17) is 38.6 Å². The van der Waals surface area contributed by atoms with Crippen molar-refractivity contribution in [1.29, 1.82) is 0 Å². The van der Waals surface area contributed by atoms with Gasteiger partial charge in [0, 0.05) is 52.9 Å². The Morgan fingerprint density at radius 1 is 0.579 bits per heavy atom. The Hall–Kier alpha value is -0.335. The third kappa shape index (κ3) is 23.5. The molecule has 0 rings (SSSR count). The van der Waals surface area contributed by atoms with Gasteiger partial charge in [0.2, 0.25) is 0 Å². The first kappa shape index (κ1) is 37.7. The first-order chi connectivity index (χ1) is 18.2. The van der Waals surface area contributed by atoms with E-state index in [-0.39, 0.29) is 50.8 Å². The van der Waals surface area contributed by atoms with Gasteiger partial charge in [0.05, 0.1) is 37.6 Å². The van der Waals surface area contributed by atoms with E-state index in [0.29, 0.717) is 52.5 Å². The van der Waals surface area contributed by atoms with Crippen molar-refractivity contribution in [3.05, 3.63) is 0 Å². The van der Waals surface area contributed by atoms with E-state index in [9.17, 15) is 10.2 Å². The molecular formula is C27H57BO10. The van der Waals surface area contributed by atoms with Crippen LogP contribution in [0.3, 0.4) is 0 Å². The quantitative estimate of drug-likeness (QED) is 0.0789. The summed E-state index contributed by atoms with van der Waals surface area (Å²) in [5, 5.41) is 37.0. The molecule has 0 saturated carbocycles. The Bertz CT molecular complexity index is 514. The minimum Gasteiger partial charge on any atom is -0.396 e. The van der Waals surface area contributed by atoms with Crippen LogP contribution in [0.25, 0.3) is 0 Å². The highest BCUT2D eigenvalue weighted by atomic mass is 16.5. The molecule has 3 atom stereocenters. The lowest BCUT2D eigenvalue weighted by Crippen LogP contribution is -2.31. The second-order valence-electron chi connectivity index (χ2n) is 10.6. The van der Waals surface area contributed by atoms with Gasteiger partial charge in [0.25, 0.3) is 0 Å². The van der Waals surface area contributed by atoms with Crippen molar-refractivity contribution >= 4 is 7.85 Å². The van der Waals surface area contributed by atoms with Crippen LogP contribution in [-0.4, -0.2) is 131 Å². The Labute approximate surface area is 231 Å². The fourth-order valence-corrected chi connectivity index (χ4v) is 3.60. The summed E-state index contributed by atoms with van der Waals surface area (Å²) in [6, 6.07) is 0. The van der Waals surface area contributed by atoms with E-state index in [1.807, 2.05) is 0 Å². The molecule has 0 radical (unpaired) electrons. The predicted octanol–water partition coefficient (Wildman–Crippen LogP) is 1.11. The molecule has 0 amide bonds. The second-order valence-corrected chi connectivity index (χ2v) is 10.6. The van der Waals surface area contributed by atoms with Gasteiger partial charge in [-0.1, -0.05) is 6.32 Å². The average molecular weight is 553 g/mol. The highest BCUT2D eigenvalue weighted by Crippen LogP contribution is 2.23. The monoisotopic (exact) mass is 552 g/mol. The van der Waals surface area contributed by atoms with Crippen LogP contribution in [0, 0.1) is 0 Å². The summed E-state index contributed by atoms with van der Waals surface area (Å²) in [6.07, 6.45) is 5.02. The van der Waals surface area contributed by atoms with Crippen LogP contribution in [0.15, 0.2) is 0 Å². The van der Waals surface area contributed by atoms with Gasteiger partial charge in [-0.25, -0.2) is 0 Å². The first-order valence-corrected chi connectivity index (χ1v) is 14.3. The van der Waals surface area contributed by atoms with Crippen molar-refractivity contribution in [3.63, 3.8) is 0 Å². The van der Waals surface area contributed by atoms with Gasteiger partial charge >= 0.3 is 0 Å². The number of ether oxygens (including phenoxy) is 6. The third-order valence-corrected chi connectivity index (χ3v) is 6.18. The molecule has 0 aromatic rings. The zero-order valence-corrected chi connectivity index (χ0v) is 24.5. The topological polar surface area (TPSA) is 136 Å². The molecule has 0 bridgehead atoms. The number of aliphatic hydroxyl groups is 4. The zero-order valence-electron chi connectivity index (χ0n) is 24.5. The summed E-state index contributed by atoms with van der Waals surface area (Å²) in [6.45, 7) is 10.6. The Balaban J connectivity index is 3.84. The molecule has 38 heavy (non-hydrogen) atoms. The van der Waals surface area contributed by atoms with Gasteiger partial charge in [0.15, 0.2) is 0 Å². The van der Waals surface area contributed by atoms with Crippen LogP contribution in [0.1, 0.15) is 65.7 Å². The summed E-state index contributed by atoms with van der Waals surface area (Å²) in [7, 11) is 2.13. The van der Waals surface area contributed by atoms with E-state index < -0.39 is 12.2 Å². The van der Waals surface area contributed by atoms with Crippen LogP contribution < -0.4 is 0 Å². The molecule has 3 unspecified atom stereocenters. The molecular weight excluding hydrogens is 495 g/mol. The van der Waals surface area contributed by atoms with Crippen LogP contribution in [0.2, 0.25) is 6.32 Å². The second kappa shape index (κ2) is 24.5. The highest BCUT2D eigenvalue weighted by Gasteiger charge is 2.23. The zero-order chi connectivity index (χ0) is 28.5. The van der Waals surface area contributed by atoms with Gasteiger partial charge in [-0.05, 0) is 65.7 Å². The van der Waals surface area contributed by atoms with Gasteiger partial charge in [-0.2, -0.15) is 0 Å². The average Bonchev–Trinajstić information content (AvgIpc) is 2.89. The molecule has 0 aliphatic rings. The van der Waals surface area contributed by atoms with Crippen LogP contribution in [0.4, 0.5) is 0 Å². The molecule has 0 saturated heterocycles. The van der Waals surface area contributed by atoms with E-state index in [1.165, 1.54) is 0 Å². The van der Waals surface area contributed by atoms with Crippen molar-refractivity contribution in [1.82, 2.24) is 0 Å². The molecule has 11 heteroatoms. The van der Waals surface area contributed by atoms with Crippen LogP contribution in [-0.2, 0) is 28.4 Å². The van der Waals surface area contributed by atoms with Gasteiger partial charge in [-0.3, -0.25) is 0 Å². The molecule has 0 spiro atoms. The normalized spacial score (nSPS) is 15.4.